The van der Waals surface area contributed by atoms with Gasteiger partial charge in [-0.25, -0.2) is 0 Å². The van der Waals surface area contributed by atoms with Gasteiger partial charge in [0, 0.05) is 20.8 Å². The Labute approximate surface area is 79.6 Å². The minimum Gasteiger partial charge on any atom is -0.391 e. The van der Waals surface area contributed by atoms with Crippen LogP contribution in [0.15, 0.2) is 0 Å². The molecule has 0 saturated carbocycles. The summed E-state index contributed by atoms with van der Waals surface area (Å²) < 4.78 is 15.4. The normalized spacial score (nSPS) is 40.5. The molecular weight excluding hydrogens is 171 g/mol. The topological polar surface area (TPSA) is 47.9 Å². The lowest BCUT2D eigenvalue weighted by Crippen LogP contribution is -2.50. The Morgan fingerprint density at radius 1 is 1.54 bits per heavy atom. The Balaban J connectivity index is 2.55. The quantitative estimate of drug-likeness (QED) is 0.596. The fourth-order valence-electron chi connectivity index (χ4n) is 1.49. The largest absolute Gasteiger partial charge is 0.391 e. The van der Waals surface area contributed by atoms with Crippen molar-refractivity contribution in [3.05, 3.63) is 0 Å². The maximum absolute atomic E-state index is 9.65. The smallest absolute Gasteiger partial charge is 0.111 e. The molecule has 0 bridgehead atoms. The van der Waals surface area contributed by atoms with Crippen LogP contribution in [0.4, 0.5) is 0 Å². The third-order valence-electron chi connectivity index (χ3n) is 2.25. The molecule has 0 aromatic rings. The molecule has 74 valence electrons. The van der Waals surface area contributed by atoms with Crippen LogP contribution >= 0.6 is 0 Å². The molecule has 1 heterocycles. The highest BCUT2D eigenvalue weighted by atomic mass is 16.6. The predicted octanol–water partition coefficient (Wildman–Crippen LogP) is -0.636. The first kappa shape index (κ1) is 11.0. The monoisotopic (exact) mass is 186 g/mol. The van der Waals surface area contributed by atoms with E-state index in [4.69, 9.17) is 22.1 Å². The Bertz CT molecular complexity index is 155. The molecule has 0 spiro atoms. The third kappa shape index (κ3) is 2.43. The van der Waals surface area contributed by atoms with Crippen LogP contribution in [0.3, 0.4) is 0 Å². The Morgan fingerprint density at radius 3 is 2.77 bits per heavy atom. The van der Waals surface area contributed by atoms with Crippen LogP contribution in [0.1, 0.15) is 0 Å². The molecule has 1 N–H and O–H groups in total. The molecule has 0 aromatic heterocycles. The summed E-state index contributed by atoms with van der Waals surface area (Å²) in [6, 6.07) is 0. The number of aliphatic hydroxyl groups is 1. The molecule has 0 aliphatic carbocycles. The molecule has 0 amide bonds. The lowest BCUT2D eigenvalue weighted by atomic mass is 9.78. The van der Waals surface area contributed by atoms with Crippen LogP contribution in [-0.2, 0) is 14.2 Å². The fraction of sp³-hybridized carbons (Fsp3) is 1.00. The van der Waals surface area contributed by atoms with Crippen molar-refractivity contribution in [2.24, 2.45) is 0 Å². The van der Waals surface area contributed by atoms with E-state index in [1.807, 2.05) is 0 Å². The average molecular weight is 186 g/mol. The van der Waals surface area contributed by atoms with Crippen molar-refractivity contribution < 1.29 is 19.3 Å². The summed E-state index contributed by atoms with van der Waals surface area (Å²) in [6.45, 7) is 0.747. The highest BCUT2D eigenvalue weighted by Gasteiger charge is 2.37. The van der Waals surface area contributed by atoms with E-state index < -0.39 is 12.2 Å². The minimum atomic E-state index is -0.682. The second-order valence-electron chi connectivity index (χ2n) is 3.18. The number of hydrogen-bond acceptors (Lipinski definition) is 4. The van der Waals surface area contributed by atoms with Crippen LogP contribution < -0.4 is 0 Å². The molecule has 1 saturated heterocycles. The van der Waals surface area contributed by atoms with Gasteiger partial charge < -0.3 is 19.3 Å². The van der Waals surface area contributed by atoms with Gasteiger partial charge in [-0.3, -0.25) is 0 Å². The molecule has 1 rings (SSSR count). The van der Waals surface area contributed by atoms with E-state index in [1.165, 1.54) is 7.11 Å². The zero-order valence-electron chi connectivity index (χ0n) is 7.97. The SMILES string of the molecule is [B][C@@H]1CO[C@H](COC)[C@@H](OC)[C@H]1O. The Kier molecular flexibility index (Phi) is 4.19. The van der Waals surface area contributed by atoms with E-state index in [0.717, 1.165) is 0 Å². The number of aliphatic hydroxyl groups excluding tert-OH is 1. The Hall–Kier alpha value is -0.0951. The number of ether oxygens (including phenoxy) is 3. The van der Waals surface area contributed by atoms with Gasteiger partial charge in [0.2, 0.25) is 0 Å². The van der Waals surface area contributed by atoms with Crippen molar-refractivity contribution in [1.82, 2.24) is 0 Å². The van der Waals surface area contributed by atoms with Gasteiger partial charge in [0.15, 0.2) is 0 Å². The second-order valence-corrected chi connectivity index (χ2v) is 3.18. The van der Waals surface area contributed by atoms with Crippen LogP contribution in [0.2, 0.25) is 5.82 Å². The van der Waals surface area contributed by atoms with E-state index in [2.05, 4.69) is 0 Å². The van der Waals surface area contributed by atoms with Crippen molar-refractivity contribution in [2.75, 3.05) is 27.4 Å². The molecule has 13 heavy (non-hydrogen) atoms. The summed E-state index contributed by atoms with van der Waals surface area (Å²) in [5.41, 5.74) is 0. The molecule has 4 atom stereocenters. The number of rotatable bonds is 3. The highest BCUT2D eigenvalue weighted by Crippen LogP contribution is 2.24. The summed E-state index contributed by atoms with van der Waals surface area (Å²) in [5.74, 6) is -0.377. The van der Waals surface area contributed by atoms with Gasteiger partial charge in [-0.1, -0.05) is 0 Å². The summed E-state index contributed by atoms with van der Waals surface area (Å²) in [7, 11) is 8.71. The van der Waals surface area contributed by atoms with E-state index in [9.17, 15) is 5.11 Å². The molecule has 0 unspecified atom stereocenters. The lowest BCUT2D eigenvalue weighted by molar-refractivity contribution is -0.162. The number of hydrogen-bond donors (Lipinski definition) is 1. The van der Waals surface area contributed by atoms with Crippen molar-refractivity contribution in [3.8, 4) is 0 Å². The van der Waals surface area contributed by atoms with Crippen molar-refractivity contribution in [2.45, 2.75) is 24.1 Å². The predicted molar refractivity (Wildman–Crippen MR) is 47.9 cm³/mol. The molecule has 5 heteroatoms. The standard InChI is InChI=1S/C8H15BO4/c1-11-4-6-8(12-2)7(10)5(9)3-13-6/h5-8,10H,3-4H2,1-2H3/t5-,6-,7+,8-/m1/s1. The van der Waals surface area contributed by atoms with Gasteiger partial charge in [-0.2, -0.15) is 0 Å². The first-order valence-electron chi connectivity index (χ1n) is 4.27. The van der Waals surface area contributed by atoms with Crippen molar-refractivity contribution >= 4 is 7.85 Å². The molecule has 2 radical (unpaired) electrons. The maximum Gasteiger partial charge on any atom is 0.111 e. The van der Waals surface area contributed by atoms with Gasteiger partial charge in [-0.15, -0.1) is 0 Å². The van der Waals surface area contributed by atoms with Crippen LogP contribution in [0, 0.1) is 0 Å². The summed E-state index contributed by atoms with van der Waals surface area (Å²) in [4.78, 5) is 0. The van der Waals surface area contributed by atoms with Crippen LogP contribution in [0.25, 0.3) is 0 Å². The van der Waals surface area contributed by atoms with Crippen LogP contribution in [-0.4, -0.2) is 58.7 Å². The molecule has 1 aliphatic heterocycles. The molecule has 0 aromatic carbocycles. The third-order valence-corrected chi connectivity index (χ3v) is 2.25. The summed E-state index contributed by atoms with van der Waals surface area (Å²) >= 11 is 0. The van der Waals surface area contributed by atoms with E-state index in [-0.39, 0.29) is 11.9 Å². The zero-order valence-corrected chi connectivity index (χ0v) is 7.97. The lowest BCUT2D eigenvalue weighted by Gasteiger charge is -2.38. The first-order valence-corrected chi connectivity index (χ1v) is 4.27. The minimum absolute atomic E-state index is 0.232. The second kappa shape index (κ2) is 4.95. The number of methoxy groups -OCH3 is 2. The summed E-state index contributed by atoms with van der Waals surface area (Å²) in [5, 5.41) is 9.65. The van der Waals surface area contributed by atoms with E-state index in [0.29, 0.717) is 13.2 Å². The first-order chi connectivity index (χ1) is 6.20. The van der Waals surface area contributed by atoms with Gasteiger partial charge >= 0.3 is 0 Å². The molecule has 4 nitrogen and oxygen atoms in total. The summed E-state index contributed by atoms with van der Waals surface area (Å²) in [6.07, 6.45) is -1.31. The van der Waals surface area contributed by atoms with Crippen molar-refractivity contribution in [1.29, 1.82) is 0 Å². The molecule has 1 fully saturated rings. The van der Waals surface area contributed by atoms with E-state index in [1.54, 1.807) is 7.11 Å². The Morgan fingerprint density at radius 2 is 2.23 bits per heavy atom. The van der Waals surface area contributed by atoms with Gasteiger partial charge in [0.1, 0.15) is 12.2 Å². The average Bonchev–Trinajstić information content (AvgIpc) is 2.12. The molecule has 1 aliphatic rings. The maximum atomic E-state index is 9.65. The van der Waals surface area contributed by atoms with Gasteiger partial charge in [0.05, 0.1) is 20.6 Å². The zero-order chi connectivity index (χ0) is 9.84. The van der Waals surface area contributed by atoms with E-state index >= 15 is 0 Å². The van der Waals surface area contributed by atoms with Gasteiger partial charge in [0.25, 0.3) is 0 Å². The molecular formula is C8H15BO4. The van der Waals surface area contributed by atoms with Crippen LogP contribution in [0.5, 0.6) is 0 Å². The fourth-order valence-corrected chi connectivity index (χ4v) is 1.49. The van der Waals surface area contributed by atoms with Crippen molar-refractivity contribution in [3.63, 3.8) is 0 Å². The highest BCUT2D eigenvalue weighted by molar-refractivity contribution is 6.12. The van der Waals surface area contributed by atoms with Gasteiger partial charge in [-0.05, 0) is 5.82 Å².